The zero-order valence-corrected chi connectivity index (χ0v) is 11.1. The van der Waals surface area contributed by atoms with Gasteiger partial charge in [-0.1, -0.05) is 29.8 Å². The lowest BCUT2D eigenvalue weighted by atomic mass is 10.2. The highest BCUT2D eigenvalue weighted by Gasteiger charge is 2.18. The maximum atomic E-state index is 11.8. The summed E-state index contributed by atoms with van der Waals surface area (Å²) in [6, 6.07) is 7.43. The van der Waals surface area contributed by atoms with Gasteiger partial charge in [-0.2, -0.15) is 0 Å². The number of likely N-dealkylation sites (N-methyl/N-ethyl adjacent to an activating group) is 1. The molecule has 6 heteroatoms. The van der Waals surface area contributed by atoms with E-state index in [0.29, 0.717) is 9.90 Å². The number of carbonyl (C=O) groups excluding carboxylic acids is 2. The van der Waals surface area contributed by atoms with E-state index >= 15 is 0 Å². The molecule has 0 saturated carbocycles. The van der Waals surface area contributed by atoms with Crippen LogP contribution < -0.4 is 5.32 Å². The molecule has 4 nitrogen and oxygen atoms in total. The highest BCUT2D eigenvalue weighted by atomic mass is 35.5. The van der Waals surface area contributed by atoms with Gasteiger partial charge in [0.05, 0.1) is 5.02 Å². The molecule has 0 atom stereocenters. The lowest BCUT2D eigenvalue weighted by molar-refractivity contribution is -0.123. The first-order valence-electron chi connectivity index (χ1n) is 5.18. The summed E-state index contributed by atoms with van der Waals surface area (Å²) >= 11 is 7.36. The Bertz CT molecular complexity index is 608. The summed E-state index contributed by atoms with van der Waals surface area (Å²) in [5, 5.41) is 3.56. The third-order valence-corrected chi connectivity index (χ3v) is 3.99. The highest BCUT2D eigenvalue weighted by molar-refractivity contribution is 7.21. The van der Waals surface area contributed by atoms with Crippen LogP contribution in [0, 0.1) is 0 Å². The summed E-state index contributed by atoms with van der Waals surface area (Å²) < 4.78 is 5.78. The second-order valence-electron chi connectivity index (χ2n) is 3.49. The van der Waals surface area contributed by atoms with Gasteiger partial charge >= 0.3 is 5.97 Å². The van der Waals surface area contributed by atoms with Crippen LogP contribution in [0.3, 0.4) is 0 Å². The van der Waals surface area contributed by atoms with E-state index in [1.807, 2.05) is 24.3 Å². The van der Waals surface area contributed by atoms with E-state index in [1.165, 1.54) is 18.4 Å². The number of benzene rings is 1. The molecule has 0 bridgehead atoms. The van der Waals surface area contributed by atoms with Gasteiger partial charge in [-0.25, -0.2) is 4.79 Å². The monoisotopic (exact) mass is 283 g/mol. The minimum Gasteiger partial charge on any atom is -0.451 e. The van der Waals surface area contributed by atoms with E-state index in [9.17, 15) is 9.59 Å². The molecule has 0 aliphatic heterocycles. The summed E-state index contributed by atoms with van der Waals surface area (Å²) in [7, 11) is 1.47. The first-order chi connectivity index (χ1) is 8.63. The molecule has 0 aliphatic rings. The Balaban J connectivity index is 2.23. The second kappa shape index (κ2) is 5.37. The van der Waals surface area contributed by atoms with Crippen LogP contribution in [-0.2, 0) is 9.53 Å². The van der Waals surface area contributed by atoms with Gasteiger partial charge in [0, 0.05) is 17.1 Å². The van der Waals surface area contributed by atoms with Crippen molar-refractivity contribution in [2.75, 3.05) is 13.7 Å². The number of esters is 1. The van der Waals surface area contributed by atoms with Crippen LogP contribution in [0.5, 0.6) is 0 Å². The molecule has 0 unspecified atom stereocenters. The van der Waals surface area contributed by atoms with Crippen molar-refractivity contribution in [2.45, 2.75) is 0 Å². The van der Waals surface area contributed by atoms with E-state index in [0.717, 1.165) is 10.1 Å². The average molecular weight is 284 g/mol. The maximum absolute atomic E-state index is 11.8. The van der Waals surface area contributed by atoms with Crippen LogP contribution >= 0.6 is 22.9 Å². The van der Waals surface area contributed by atoms with E-state index < -0.39 is 5.97 Å². The van der Waals surface area contributed by atoms with E-state index in [-0.39, 0.29) is 12.5 Å². The Labute approximate surface area is 113 Å². The molecule has 1 aromatic carbocycles. The van der Waals surface area contributed by atoms with Gasteiger partial charge in [0.25, 0.3) is 5.91 Å². The van der Waals surface area contributed by atoms with E-state index in [4.69, 9.17) is 16.3 Å². The number of carbonyl (C=O) groups is 2. The fourth-order valence-corrected chi connectivity index (χ4v) is 2.82. The van der Waals surface area contributed by atoms with Gasteiger partial charge in [-0.05, 0) is 6.07 Å². The number of ether oxygens (including phenoxy) is 1. The number of rotatable bonds is 3. The van der Waals surface area contributed by atoms with Crippen molar-refractivity contribution < 1.29 is 14.3 Å². The molecule has 0 saturated heterocycles. The normalized spacial score (nSPS) is 10.3. The largest absolute Gasteiger partial charge is 0.451 e. The molecule has 2 rings (SSSR count). The van der Waals surface area contributed by atoms with Crippen molar-refractivity contribution in [1.29, 1.82) is 0 Å². The van der Waals surface area contributed by atoms with Crippen LogP contribution in [0.1, 0.15) is 9.67 Å². The van der Waals surface area contributed by atoms with Crippen LogP contribution in [0.25, 0.3) is 10.1 Å². The van der Waals surface area contributed by atoms with Crippen LogP contribution in [0.4, 0.5) is 0 Å². The molecule has 1 heterocycles. The molecule has 1 N–H and O–H groups in total. The molecule has 94 valence electrons. The minimum absolute atomic E-state index is 0.306. The predicted octanol–water partition coefficient (Wildman–Crippen LogP) is 2.46. The number of thiophene rings is 1. The summed E-state index contributed by atoms with van der Waals surface area (Å²) in [5.41, 5.74) is 0. The summed E-state index contributed by atoms with van der Waals surface area (Å²) in [6.45, 7) is -0.306. The van der Waals surface area contributed by atoms with E-state index in [1.54, 1.807) is 0 Å². The topological polar surface area (TPSA) is 55.4 Å². The number of hydrogen-bond acceptors (Lipinski definition) is 4. The molecule has 2 aromatic rings. The van der Waals surface area contributed by atoms with Gasteiger partial charge in [0.15, 0.2) is 6.61 Å². The zero-order chi connectivity index (χ0) is 13.1. The van der Waals surface area contributed by atoms with Crippen molar-refractivity contribution in [1.82, 2.24) is 5.32 Å². The maximum Gasteiger partial charge on any atom is 0.350 e. The van der Waals surface area contributed by atoms with Gasteiger partial charge in [-0.3, -0.25) is 4.79 Å². The Morgan fingerprint density at radius 3 is 2.78 bits per heavy atom. The standard InChI is InChI=1S/C12H10ClNO3S/c1-14-9(15)6-17-12(16)11-10(13)7-4-2-3-5-8(7)18-11/h2-5H,6H2,1H3,(H,14,15). The number of fused-ring (bicyclic) bond motifs is 1. The molecule has 0 spiro atoms. The Morgan fingerprint density at radius 1 is 1.39 bits per heavy atom. The fourth-order valence-electron chi connectivity index (χ4n) is 1.41. The Hall–Kier alpha value is -1.59. The van der Waals surface area contributed by atoms with Crippen molar-refractivity contribution in [3.05, 3.63) is 34.2 Å². The first kappa shape index (κ1) is 12.9. The average Bonchev–Trinajstić information content (AvgIpc) is 2.73. The van der Waals surface area contributed by atoms with Crippen LogP contribution in [-0.4, -0.2) is 25.5 Å². The third kappa shape index (κ3) is 2.47. The molecular formula is C12H10ClNO3S. The Kier molecular flexibility index (Phi) is 3.84. The highest BCUT2D eigenvalue weighted by Crippen LogP contribution is 2.35. The minimum atomic E-state index is -0.579. The van der Waals surface area contributed by atoms with Crippen molar-refractivity contribution in [3.63, 3.8) is 0 Å². The molecule has 1 aromatic heterocycles. The second-order valence-corrected chi connectivity index (χ2v) is 4.92. The lowest BCUT2D eigenvalue weighted by Crippen LogP contribution is -2.24. The van der Waals surface area contributed by atoms with Crippen molar-refractivity contribution in [2.24, 2.45) is 0 Å². The molecular weight excluding hydrogens is 274 g/mol. The van der Waals surface area contributed by atoms with Gasteiger partial charge < -0.3 is 10.1 Å². The summed E-state index contributed by atoms with van der Waals surface area (Å²) in [5.74, 6) is -0.939. The number of amides is 1. The Morgan fingerprint density at radius 2 is 2.11 bits per heavy atom. The number of hydrogen-bond donors (Lipinski definition) is 1. The quantitative estimate of drug-likeness (QED) is 0.881. The van der Waals surface area contributed by atoms with Gasteiger partial charge in [-0.15, -0.1) is 11.3 Å². The summed E-state index contributed by atoms with van der Waals surface area (Å²) in [4.78, 5) is 23.1. The first-order valence-corrected chi connectivity index (χ1v) is 6.37. The molecule has 0 aliphatic carbocycles. The summed E-state index contributed by atoms with van der Waals surface area (Å²) in [6.07, 6.45) is 0. The number of halogens is 1. The lowest BCUT2D eigenvalue weighted by Gasteiger charge is -2.01. The molecule has 18 heavy (non-hydrogen) atoms. The smallest absolute Gasteiger partial charge is 0.350 e. The number of nitrogens with one attached hydrogen (secondary N) is 1. The van der Waals surface area contributed by atoms with Crippen LogP contribution in [0.15, 0.2) is 24.3 Å². The fraction of sp³-hybridized carbons (Fsp3) is 0.167. The van der Waals surface area contributed by atoms with Gasteiger partial charge in [0.1, 0.15) is 4.88 Å². The zero-order valence-electron chi connectivity index (χ0n) is 9.53. The molecule has 1 amide bonds. The van der Waals surface area contributed by atoms with Crippen molar-refractivity contribution >= 4 is 44.9 Å². The van der Waals surface area contributed by atoms with E-state index in [2.05, 4.69) is 5.32 Å². The molecule has 0 radical (unpaired) electrons. The molecule has 0 fully saturated rings. The predicted molar refractivity (Wildman–Crippen MR) is 71.2 cm³/mol. The third-order valence-electron chi connectivity index (χ3n) is 2.33. The van der Waals surface area contributed by atoms with Crippen LogP contribution in [0.2, 0.25) is 5.02 Å². The SMILES string of the molecule is CNC(=O)COC(=O)c1sc2ccccc2c1Cl. The van der Waals surface area contributed by atoms with Gasteiger partial charge in [0.2, 0.25) is 0 Å². The van der Waals surface area contributed by atoms with Crippen molar-refractivity contribution in [3.8, 4) is 0 Å².